The topological polar surface area (TPSA) is 94.5 Å². The first kappa shape index (κ1) is 23.7. The van der Waals surface area contributed by atoms with Crippen molar-refractivity contribution in [3.05, 3.63) is 84.3 Å². The van der Waals surface area contributed by atoms with Crippen LogP contribution in [0.2, 0.25) is 0 Å². The Bertz CT molecular complexity index is 1350. The van der Waals surface area contributed by atoms with Gasteiger partial charge in [-0.05, 0) is 67.1 Å². The summed E-state index contributed by atoms with van der Waals surface area (Å²) in [7, 11) is 2.96. The SMILES string of the molecule is CNC(=O)C(=O)NC(C)C(Oc1ccc2c(cnn2-c2ccc(F)cc2)c1)c1cccc(OC)c1. The van der Waals surface area contributed by atoms with Gasteiger partial charge in [0.1, 0.15) is 23.4 Å². The van der Waals surface area contributed by atoms with E-state index in [1.165, 1.54) is 19.2 Å². The summed E-state index contributed by atoms with van der Waals surface area (Å²) in [6, 6.07) is 18.3. The van der Waals surface area contributed by atoms with Crippen LogP contribution in [0.3, 0.4) is 0 Å². The molecule has 2 atom stereocenters. The maximum absolute atomic E-state index is 13.3. The van der Waals surface area contributed by atoms with E-state index in [1.807, 2.05) is 36.4 Å². The van der Waals surface area contributed by atoms with Gasteiger partial charge in [-0.3, -0.25) is 9.59 Å². The van der Waals surface area contributed by atoms with Crippen LogP contribution in [0.1, 0.15) is 18.6 Å². The molecule has 1 aromatic heterocycles. The Hall–Kier alpha value is -4.40. The molecule has 1 heterocycles. The van der Waals surface area contributed by atoms with E-state index in [0.29, 0.717) is 11.5 Å². The second kappa shape index (κ2) is 10.3. The molecule has 0 saturated carbocycles. The Labute approximate surface area is 201 Å². The third kappa shape index (κ3) is 5.24. The quantitative estimate of drug-likeness (QED) is 0.398. The van der Waals surface area contributed by atoms with Gasteiger partial charge in [-0.25, -0.2) is 9.07 Å². The van der Waals surface area contributed by atoms with Crippen molar-refractivity contribution in [2.75, 3.05) is 14.2 Å². The smallest absolute Gasteiger partial charge is 0.309 e. The summed E-state index contributed by atoms with van der Waals surface area (Å²) >= 11 is 0. The molecule has 2 unspecified atom stereocenters. The number of methoxy groups -OCH3 is 1. The lowest BCUT2D eigenvalue weighted by Crippen LogP contribution is -2.45. The Balaban J connectivity index is 1.64. The third-order valence-corrected chi connectivity index (χ3v) is 5.54. The van der Waals surface area contributed by atoms with Gasteiger partial charge < -0.3 is 20.1 Å². The van der Waals surface area contributed by atoms with Gasteiger partial charge in [0, 0.05) is 12.4 Å². The Morgan fingerprint density at radius 1 is 1.00 bits per heavy atom. The van der Waals surface area contributed by atoms with Gasteiger partial charge in [-0.2, -0.15) is 5.10 Å². The second-order valence-corrected chi connectivity index (χ2v) is 7.91. The van der Waals surface area contributed by atoms with E-state index in [1.54, 1.807) is 43.1 Å². The molecule has 0 radical (unpaired) electrons. The zero-order valence-corrected chi connectivity index (χ0v) is 19.5. The summed E-state index contributed by atoms with van der Waals surface area (Å²) < 4.78 is 26.7. The fourth-order valence-corrected chi connectivity index (χ4v) is 3.76. The van der Waals surface area contributed by atoms with E-state index < -0.39 is 24.0 Å². The van der Waals surface area contributed by atoms with Gasteiger partial charge in [0.05, 0.1) is 30.6 Å². The van der Waals surface area contributed by atoms with Gasteiger partial charge in [-0.15, -0.1) is 0 Å². The molecule has 0 saturated heterocycles. The monoisotopic (exact) mass is 476 g/mol. The van der Waals surface area contributed by atoms with Crippen LogP contribution in [0.5, 0.6) is 11.5 Å². The molecule has 2 N–H and O–H groups in total. The van der Waals surface area contributed by atoms with Crippen molar-refractivity contribution in [1.29, 1.82) is 0 Å². The second-order valence-electron chi connectivity index (χ2n) is 7.91. The number of carbonyl (C=O) groups is 2. The molecule has 9 heteroatoms. The summed E-state index contributed by atoms with van der Waals surface area (Å²) in [6.07, 6.45) is 1.08. The van der Waals surface area contributed by atoms with Crippen LogP contribution in [0.15, 0.2) is 72.9 Å². The Morgan fingerprint density at radius 2 is 1.77 bits per heavy atom. The first-order valence-corrected chi connectivity index (χ1v) is 11.0. The van der Waals surface area contributed by atoms with Gasteiger partial charge in [0.15, 0.2) is 0 Å². The molecular formula is C26H25FN4O4. The number of amides is 2. The molecule has 0 spiro atoms. The molecule has 8 nitrogen and oxygen atoms in total. The van der Waals surface area contributed by atoms with Crippen molar-refractivity contribution in [1.82, 2.24) is 20.4 Å². The van der Waals surface area contributed by atoms with Crippen LogP contribution in [0.25, 0.3) is 16.6 Å². The fourth-order valence-electron chi connectivity index (χ4n) is 3.76. The number of ether oxygens (including phenoxy) is 2. The highest BCUT2D eigenvalue weighted by Gasteiger charge is 2.26. The largest absolute Gasteiger partial charge is 0.497 e. The number of carbonyl (C=O) groups excluding carboxylic acids is 2. The van der Waals surface area contributed by atoms with Gasteiger partial charge in [-0.1, -0.05) is 12.1 Å². The lowest BCUT2D eigenvalue weighted by atomic mass is 10.0. The van der Waals surface area contributed by atoms with Crippen molar-refractivity contribution in [2.24, 2.45) is 0 Å². The van der Waals surface area contributed by atoms with Crippen LogP contribution in [0.4, 0.5) is 4.39 Å². The molecule has 0 fully saturated rings. The van der Waals surface area contributed by atoms with Gasteiger partial charge in [0.2, 0.25) is 0 Å². The van der Waals surface area contributed by atoms with E-state index >= 15 is 0 Å². The molecule has 0 aliphatic rings. The van der Waals surface area contributed by atoms with Crippen molar-refractivity contribution in [2.45, 2.75) is 19.1 Å². The highest BCUT2D eigenvalue weighted by atomic mass is 19.1. The van der Waals surface area contributed by atoms with E-state index in [-0.39, 0.29) is 5.82 Å². The number of halogens is 1. The maximum atomic E-state index is 13.3. The van der Waals surface area contributed by atoms with Gasteiger partial charge >= 0.3 is 11.8 Å². The van der Waals surface area contributed by atoms with Crippen LogP contribution in [-0.2, 0) is 9.59 Å². The first-order chi connectivity index (χ1) is 16.9. The van der Waals surface area contributed by atoms with Crippen LogP contribution >= 0.6 is 0 Å². The first-order valence-electron chi connectivity index (χ1n) is 11.0. The predicted octanol–water partition coefficient (Wildman–Crippen LogP) is 3.54. The minimum atomic E-state index is -0.757. The molecule has 3 aromatic carbocycles. The minimum absolute atomic E-state index is 0.317. The normalized spacial score (nSPS) is 12.6. The maximum Gasteiger partial charge on any atom is 0.309 e. The predicted molar refractivity (Wildman–Crippen MR) is 129 cm³/mol. The number of nitrogens with one attached hydrogen (secondary N) is 2. The zero-order valence-electron chi connectivity index (χ0n) is 19.5. The molecule has 0 aliphatic heterocycles. The summed E-state index contributed by atoms with van der Waals surface area (Å²) in [4.78, 5) is 23.9. The fraction of sp³-hybridized carbons (Fsp3) is 0.192. The van der Waals surface area contributed by atoms with Crippen LogP contribution < -0.4 is 20.1 Å². The minimum Gasteiger partial charge on any atom is -0.497 e. The number of hydrogen-bond acceptors (Lipinski definition) is 5. The standard InChI is InChI=1S/C26H25FN4O4/c1-16(30-26(33)25(32)28-2)24(17-5-4-6-21(13-17)34-3)35-22-11-12-23-18(14-22)15-29-31(23)20-9-7-19(27)8-10-20/h4-16,24H,1-3H3,(H,28,32)(H,30,33). The zero-order chi connectivity index (χ0) is 24.9. The van der Waals surface area contributed by atoms with Crippen LogP contribution in [-0.4, -0.2) is 41.8 Å². The van der Waals surface area contributed by atoms with E-state index in [2.05, 4.69) is 15.7 Å². The van der Waals surface area contributed by atoms with Crippen molar-refractivity contribution >= 4 is 22.7 Å². The number of rotatable bonds is 7. The number of benzene rings is 3. The molecule has 180 valence electrons. The molecule has 0 bridgehead atoms. The molecular weight excluding hydrogens is 451 g/mol. The summed E-state index contributed by atoms with van der Waals surface area (Å²) in [5.74, 6) is -0.632. The lowest BCUT2D eigenvalue weighted by Gasteiger charge is -2.26. The Kier molecular flexibility index (Phi) is 6.96. The molecule has 2 amide bonds. The molecule has 4 aromatic rings. The highest BCUT2D eigenvalue weighted by molar-refractivity contribution is 6.35. The van der Waals surface area contributed by atoms with Gasteiger partial charge in [0.25, 0.3) is 0 Å². The molecule has 35 heavy (non-hydrogen) atoms. The average Bonchev–Trinajstić information content (AvgIpc) is 3.30. The summed E-state index contributed by atoms with van der Waals surface area (Å²) in [6.45, 7) is 1.76. The lowest BCUT2D eigenvalue weighted by molar-refractivity contribution is -0.139. The Morgan fingerprint density at radius 3 is 2.49 bits per heavy atom. The summed E-state index contributed by atoms with van der Waals surface area (Å²) in [5, 5.41) is 10.2. The van der Waals surface area contributed by atoms with E-state index in [0.717, 1.165) is 22.2 Å². The third-order valence-electron chi connectivity index (χ3n) is 5.54. The molecule has 4 rings (SSSR count). The van der Waals surface area contributed by atoms with Crippen molar-refractivity contribution in [3.63, 3.8) is 0 Å². The van der Waals surface area contributed by atoms with Crippen molar-refractivity contribution < 1.29 is 23.5 Å². The number of nitrogens with zero attached hydrogens (tertiary/aromatic N) is 2. The number of hydrogen-bond donors (Lipinski definition) is 2. The number of fused-ring (bicyclic) bond motifs is 1. The molecule has 0 aliphatic carbocycles. The van der Waals surface area contributed by atoms with Crippen LogP contribution in [0, 0.1) is 5.82 Å². The van der Waals surface area contributed by atoms with E-state index in [4.69, 9.17) is 9.47 Å². The highest BCUT2D eigenvalue weighted by Crippen LogP contribution is 2.30. The summed E-state index contributed by atoms with van der Waals surface area (Å²) in [5.41, 5.74) is 2.31. The number of aromatic nitrogens is 2. The van der Waals surface area contributed by atoms with E-state index in [9.17, 15) is 14.0 Å². The average molecular weight is 477 g/mol. The van der Waals surface area contributed by atoms with Crippen molar-refractivity contribution in [3.8, 4) is 17.2 Å². The number of likely N-dealkylation sites (N-methyl/N-ethyl adjacent to an activating group) is 1.